The van der Waals surface area contributed by atoms with E-state index in [1.165, 1.54) is 22.3 Å². The third-order valence-electron chi connectivity index (χ3n) is 3.18. The molecular formula is C17H14BrN. The first kappa shape index (κ1) is 12.2. The second-order valence-corrected chi connectivity index (χ2v) is 5.45. The Kier molecular flexibility index (Phi) is 3.51. The van der Waals surface area contributed by atoms with Crippen molar-refractivity contribution in [2.45, 2.75) is 0 Å². The second kappa shape index (κ2) is 5.45. The number of halogens is 1. The molecule has 0 aliphatic carbocycles. The Morgan fingerprint density at radius 3 is 2.00 bits per heavy atom. The lowest BCUT2D eigenvalue weighted by Gasteiger charge is -2.22. The molecular weight excluding hydrogens is 298 g/mol. The molecule has 1 nitrogen and oxygen atoms in total. The highest BCUT2D eigenvalue weighted by atomic mass is 79.9. The van der Waals surface area contributed by atoms with Crippen molar-refractivity contribution >= 4 is 27.3 Å². The predicted octanol–water partition coefficient (Wildman–Crippen LogP) is 4.74. The van der Waals surface area contributed by atoms with Gasteiger partial charge >= 0.3 is 0 Å². The molecule has 94 valence electrons. The summed E-state index contributed by atoms with van der Waals surface area (Å²) in [7, 11) is 0. The van der Waals surface area contributed by atoms with Crippen LogP contribution in [0, 0.1) is 0 Å². The fourth-order valence-electron chi connectivity index (χ4n) is 2.25. The molecule has 0 unspecified atom stereocenters. The summed E-state index contributed by atoms with van der Waals surface area (Å²) in [5.41, 5.74) is 5.05. The van der Waals surface area contributed by atoms with Gasteiger partial charge in [0.2, 0.25) is 0 Å². The number of nitrogens with zero attached hydrogens (tertiary/aromatic N) is 1. The van der Waals surface area contributed by atoms with Crippen LogP contribution in [0.5, 0.6) is 0 Å². The molecule has 2 aromatic carbocycles. The third-order valence-corrected chi connectivity index (χ3v) is 3.64. The molecule has 0 bridgehead atoms. The predicted molar refractivity (Wildman–Crippen MR) is 84.5 cm³/mol. The molecule has 3 rings (SSSR count). The standard InChI is InChI=1S/C17H14BrN/c18-19-12-16(14-7-3-1-4-8-14)11-17(13-19)15-9-5-2-6-10-15/h1-12H,13H2. The van der Waals surface area contributed by atoms with E-state index in [1.807, 2.05) is 12.1 Å². The first-order chi connectivity index (χ1) is 9.33. The Morgan fingerprint density at radius 1 is 0.789 bits per heavy atom. The van der Waals surface area contributed by atoms with Crippen LogP contribution in [0.1, 0.15) is 11.1 Å². The van der Waals surface area contributed by atoms with Gasteiger partial charge in [0.05, 0.1) is 6.54 Å². The minimum atomic E-state index is 0.875. The molecule has 0 amide bonds. The monoisotopic (exact) mass is 311 g/mol. The van der Waals surface area contributed by atoms with Crippen molar-refractivity contribution in [1.29, 1.82) is 0 Å². The van der Waals surface area contributed by atoms with Crippen LogP contribution in [0.2, 0.25) is 0 Å². The van der Waals surface area contributed by atoms with E-state index in [1.54, 1.807) is 0 Å². The van der Waals surface area contributed by atoms with Crippen LogP contribution in [0.4, 0.5) is 0 Å². The average Bonchev–Trinajstić information content (AvgIpc) is 2.48. The van der Waals surface area contributed by atoms with Gasteiger partial charge in [0, 0.05) is 22.3 Å². The van der Waals surface area contributed by atoms with Crippen molar-refractivity contribution in [3.8, 4) is 0 Å². The van der Waals surface area contributed by atoms with Gasteiger partial charge in [-0.3, -0.25) is 0 Å². The van der Waals surface area contributed by atoms with Gasteiger partial charge in [0.25, 0.3) is 0 Å². The Morgan fingerprint density at radius 2 is 1.37 bits per heavy atom. The summed E-state index contributed by atoms with van der Waals surface area (Å²) in [6.45, 7) is 0.875. The minimum absolute atomic E-state index is 0.875. The summed E-state index contributed by atoms with van der Waals surface area (Å²) in [6, 6.07) is 21.0. The van der Waals surface area contributed by atoms with E-state index in [9.17, 15) is 0 Å². The summed E-state index contributed by atoms with van der Waals surface area (Å²) in [4.78, 5) is 0. The Bertz CT molecular complexity index is 614. The van der Waals surface area contributed by atoms with E-state index in [-0.39, 0.29) is 0 Å². The molecule has 19 heavy (non-hydrogen) atoms. The van der Waals surface area contributed by atoms with Gasteiger partial charge in [0.15, 0.2) is 0 Å². The molecule has 0 saturated heterocycles. The van der Waals surface area contributed by atoms with E-state index in [4.69, 9.17) is 0 Å². The zero-order chi connectivity index (χ0) is 13.1. The topological polar surface area (TPSA) is 3.24 Å². The minimum Gasteiger partial charge on any atom is -0.311 e. The highest BCUT2D eigenvalue weighted by Gasteiger charge is 2.12. The molecule has 1 aliphatic heterocycles. The van der Waals surface area contributed by atoms with Crippen LogP contribution in [0.25, 0.3) is 11.1 Å². The number of allylic oxidation sites excluding steroid dienone is 2. The van der Waals surface area contributed by atoms with Crippen molar-refractivity contribution in [2.75, 3.05) is 6.54 Å². The maximum Gasteiger partial charge on any atom is 0.0546 e. The maximum atomic E-state index is 3.58. The average molecular weight is 312 g/mol. The summed E-state index contributed by atoms with van der Waals surface area (Å²) in [5.74, 6) is 0. The van der Waals surface area contributed by atoms with Gasteiger partial charge < -0.3 is 3.93 Å². The molecule has 0 aromatic heterocycles. The maximum absolute atomic E-state index is 3.58. The molecule has 1 aliphatic rings. The van der Waals surface area contributed by atoms with Crippen LogP contribution in [0.15, 0.2) is 72.9 Å². The fourth-order valence-corrected chi connectivity index (χ4v) is 2.74. The van der Waals surface area contributed by atoms with Gasteiger partial charge in [0.1, 0.15) is 0 Å². The van der Waals surface area contributed by atoms with Crippen LogP contribution >= 0.6 is 16.1 Å². The van der Waals surface area contributed by atoms with Gasteiger partial charge in [-0.05, 0) is 28.3 Å². The first-order valence-corrected chi connectivity index (χ1v) is 6.99. The van der Waals surface area contributed by atoms with Gasteiger partial charge in [-0.15, -0.1) is 0 Å². The molecule has 0 radical (unpaired) electrons. The first-order valence-electron chi connectivity index (χ1n) is 6.28. The zero-order valence-electron chi connectivity index (χ0n) is 10.5. The van der Waals surface area contributed by atoms with Crippen molar-refractivity contribution < 1.29 is 0 Å². The SMILES string of the molecule is BrN1C=C(c2ccccc2)C=C(c2ccccc2)C1. The number of hydrogen-bond acceptors (Lipinski definition) is 1. The summed E-state index contributed by atoms with van der Waals surface area (Å²) < 4.78 is 2.05. The highest BCUT2D eigenvalue weighted by Crippen LogP contribution is 2.29. The summed E-state index contributed by atoms with van der Waals surface area (Å²) in [5, 5.41) is 0. The Labute approximate surface area is 122 Å². The molecule has 0 N–H and O–H groups in total. The van der Waals surface area contributed by atoms with Crippen LogP contribution in [-0.2, 0) is 0 Å². The molecule has 2 heteroatoms. The second-order valence-electron chi connectivity index (χ2n) is 4.54. The van der Waals surface area contributed by atoms with Gasteiger partial charge in [-0.1, -0.05) is 60.7 Å². The fraction of sp³-hybridized carbons (Fsp3) is 0.0588. The van der Waals surface area contributed by atoms with Gasteiger partial charge in [-0.25, -0.2) is 0 Å². The number of rotatable bonds is 2. The molecule has 0 saturated carbocycles. The molecule has 0 spiro atoms. The van der Waals surface area contributed by atoms with Crippen molar-refractivity contribution in [2.24, 2.45) is 0 Å². The van der Waals surface area contributed by atoms with Gasteiger partial charge in [-0.2, -0.15) is 0 Å². The van der Waals surface area contributed by atoms with E-state index in [0.717, 1.165) is 6.54 Å². The van der Waals surface area contributed by atoms with E-state index in [2.05, 4.69) is 80.9 Å². The van der Waals surface area contributed by atoms with Crippen LogP contribution in [-0.4, -0.2) is 10.5 Å². The van der Waals surface area contributed by atoms with E-state index >= 15 is 0 Å². The Balaban J connectivity index is 2.00. The molecule has 2 aromatic rings. The lowest BCUT2D eigenvalue weighted by molar-refractivity contribution is 0.729. The van der Waals surface area contributed by atoms with Crippen LogP contribution < -0.4 is 0 Å². The molecule has 0 atom stereocenters. The highest BCUT2D eigenvalue weighted by molar-refractivity contribution is 9.07. The normalized spacial score (nSPS) is 14.9. The van der Waals surface area contributed by atoms with Crippen molar-refractivity contribution in [1.82, 2.24) is 3.93 Å². The van der Waals surface area contributed by atoms with E-state index < -0.39 is 0 Å². The lowest BCUT2D eigenvalue weighted by atomic mass is 9.97. The third kappa shape index (κ3) is 2.79. The van der Waals surface area contributed by atoms with Crippen LogP contribution in [0.3, 0.4) is 0 Å². The Hall–Kier alpha value is -1.80. The van der Waals surface area contributed by atoms with Crippen molar-refractivity contribution in [3.63, 3.8) is 0 Å². The largest absolute Gasteiger partial charge is 0.311 e. The lowest BCUT2D eigenvalue weighted by Crippen LogP contribution is -2.12. The number of hydrogen-bond donors (Lipinski definition) is 0. The number of benzene rings is 2. The summed E-state index contributed by atoms with van der Waals surface area (Å²) in [6.07, 6.45) is 4.39. The summed E-state index contributed by atoms with van der Waals surface area (Å²) >= 11 is 3.58. The van der Waals surface area contributed by atoms with E-state index in [0.29, 0.717) is 0 Å². The smallest absolute Gasteiger partial charge is 0.0546 e. The zero-order valence-corrected chi connectivity index (χ0v) is 12.0. The quantitative estimate of drug-likeness (QED) is 0.724. The molecule has 0 fully saturated rings. The molecule has 1 heterocycles. The van der Waals surface area contributed by atoms with Crippen molar-refractivity contribution in [3.05, 3.63) is 84.1 Å².